The Kier molecular flexibility index (Phi) is 5.82. The van der Waals surface area contributed by atoms with Gasteiger partial charge in [0.15, 0.2) is 12.4 Å². The standard InChI is InChI=1S/C20H18ClN5O3S/c1-3-17-23-24-20-26(17)25-19(30-20)12-4-9-16(28-2)15(10-12)22-18(27)11-29-14-7-5-13(21)6-8-14/h4-10H,3,11H2,1-2H3,(H,22,27). The molecule has 0 aliphatic carbocycles. The van der Waals surface area contributed by atoms with Gasteiger partial charge in [-0.3, -0.25) is 4.79 Å². The summed E-state index contributed by atoms with van der Waals surface area (Å²) in [4.78, 5) is 13.1. The van der Waals surface area contributed by atoms with Crippen molar-refractivity contribution in [2.45, 2.75) is 13.3 Å². The Balaban J connectivity index is 1.52. The molecule has 2 aromatic heterocycles. The van der Waals surface area contributed by atoms with Crippen molar-refractivity contribution in [1.29, 1.82) is 0 Å². The molecule has 154 valence electrons. The maximum Gasteiger partial charge on any atom is 0.262 e. The van der Waals surface area contributed by atoms with E-state index < -0.39 is 0 Å². The van der Waals surface area contributed by atoms with Gasteiger partial charge in [0.1, 0.15) is 16.5 Å². The van der Waals surface area contributed by atoms with Gasteiger partial charge in [-0.15, -0.1) is 10.2 Å². The lowest BCUT2D eigenvalue weighted by Gasteiger charge is -2.12. The van der Waals surface area contributed by atoms with Gasteiger partial charge in [0.25, 0.3) is 5.91 Å². The molecule has 0 fully saturated rings. The Bertz CT molecular complexity index is 1190. The van der Waals surface area contributed by atoms with Gasteiger partial charge in [0.2, 0.25) is 4.96 Å². The number of halogens is 1. The van der Waals surface area contributed by atoms with E-state index in [1.807, 2.05) is 19.1 Å². The smallest absolute Gasteiger partial charge is 0.262 e. The second-order valence-corrected chi connectivity index (χ2v) is 7.67. The van der Waals surface area contributed by atoms with Gasteiger partial charge in [0.05, 0.1) is 12.8 Å². The minimum absolute atomic E-state index is 0.147. The largest absolute Gasteiger partial charge is 0.495 e. The molecule has 0 atom stereocenters. The third kappa shape index (κ3) is 4.22. The number of benzene rings is 2. The molecule has 0 aliphatic rings. The van der Waals surface area contributed by atoms with Crippen LogP contribution in [-0.2, 0) is 11.2 Å². The van der Waals surface area contributed by atoms with Gasteiger partial charge < -0.3 is 14.8 Å². The zero-order valence-electron chi connectivity index (χ0n) is 16.3. The number of carbonyl (C=O) groups excluding carboxylic acids is 1. The molecule has 0 spiro atoms. The molecule has 4 aromatic rings. The fraction of sp³-hybridized carbons (Fsp3) is 0.200. The summed E-state index contributed by atoms with van der Waals surface area (Å²) in [6.07, 6.45) is 0.738. The second kappa shape index (κ2) is 8.68. The predicted molar refractivity (Wildman–Crippen MR) is 116 cm³/mol. The summed E-state index contributed by atoms with van der Waals surface area (Å²) in [5.74, 6) is 1.58. The topological polar surface area (TPSA) is 90.6 Å². The number of rotatable bonds is 7. The molecule has 0 radical (unpaired) electrons. The van der Waals surface area contributed by atoms with Gasteiger partial charge in [-0.05, 0) is 42.5 Å². The Morgan fingerprint density at radius 2 is 2.00 bits per heavy atom. The molecule has 4 rings (SSSR count). The van der Waals surface area contributed by atoms with Gasteiger partial charge >= 0.3 is 0 Å². The first-order chi connectivity index (χ1) is 14.6. The number of anilines is 1. The number of nitrogens with zero attached hydrogens (tertiary/aromatic N) is 4. The summed E-state index contributed by atoms with van der Waals surface area (Å²) < 4.78 is 12.6. The lowest BCUT2D eigenvalue weighted by atomic mass is 10.2. The highest BCUT2D eigenvalue weighted by Gasteiger charge is 2.15. The van der Waals surface area contributed by atoms with Gasteiger partial charge in [-0.25, -0.2) is 0 Å². The summed E-state index contributed by atoms with van der Waals surface area (Å²) in [6, 6.07) is 12.3. The van der Waals surface area contributed by atoms with Crippen LogP contribution in [0.3, 0.4) is 0 Å². The highest BCUT2D eigenvalue weighted by Crippen LogP contribution is 2.33. The number of aromatic nitrogens is 4. The monoisotopic (exact) mass is 443 g/mol. The van der Waals surface area contributed by atoms with E-state index in [1.54, 1.807) is 42.0 Å². The molecule has 1 N–H and O–H groups in total. The first-order valence-corrected chi connectivity index (χ1v) is 10.3. The van der Waals surface area contributed by atoms with Crippen molar-refractivity contribution < 1.29 is 14.3 Å². The maximum atomic E-state index is 12.4. The van der Waals surface area contributed by atoms with Gasteiger partial charge in [-0.1, -0.05) is 29.9 Å². The SMILES string of the molecule is CCc1nnc2sc(-c3ccc(OC)c(NC(=O)COc4ccc(Cl)cc4)c3)nn12. The zero-order valence-corrected chi connectivity index (χ0v) is 17.8. The zero-order chi connectivity index (χ0) is 21.1. The van der Waals surface area contributed by atoms with Crippen molar-refractivity contribution in [2.24, 2.45) is 0 Å². The molecule has 0 bridgehead atoms. The fourth-order valence-electron chi connectivity index (χ4n) is 2.80. The average molecular weight is 444 g/mol. The van der Waals surface area contributed by atoms with E-state index >= 15 is 0 Å². The summed E-state index contributed by atoms with van der Waals surface area (Å²) in [6.45, 7) is 1.86. The molecule has 10 heteroatoms. The molecule has 1 amide bonds. The van der Waals surface area contributed by atoms with Gasteiger partial charge in [-0.2, -0.15) is 9.61 Å². The predicted octanol–water partition coefficient (Wildman–Crippen LogP) is 4.09. The van der Waals surface area contributed by atoms with Crippen LogP contribution in [0, 0.1) is 0 Å². The number of fused-ring (bicyclic) bond motifs is 1. The normalized spacial score (nSPS) is 10.9. The minimum Gasteiger partial charge on any atom is -0.495 e. The Hall–Kier alpha value is -3.17. The Labute approximate surface area is 181 Å². The number of methoxy groups -OCH3 is 1. The number of ether oxygens (including phenoxy) is 2. The van der Waals surface area contributed by atoms with Crippen molar-refractivity contribution in [3.05, 3.63) is 53.3 Å². The molecule has 2 heterocycles. The van der Waals surface area contributed by atoms with E-state index in [9.17, 15) is 4.79 Å². The third-order valence-electron chi connectivity index (χ3n) is 4.28. The van der Waals surface area contributed by atoms with Crippen LogP contribution >= 0.6 is 22.9 Å². The molecule has 0 unspecified atom stereocenters. The highest BCUT2D eigenvalue weighted by molar-refractivity contribution is 7.19. The summed E-state index contributed by atoms with van der Waals surface area (Å²) in [5.41, 5.74) is 1.36. The number of aryl methyl sites for hydroxylation is 1. The lowest BCUT2D eigenvalue weighted by Crippen LogP contribution is -2.20. The van der Waals surface area contributed by atoms with Crippen molar-refractivity contribution in [2.75, 3.05) is 19.0 Å². The third-order valence-corrected chi connectivity index (χ3v) is 5.48. The second-order valence-electron chi connectivity index (χ2n) is 6.28. The van der Waals surface area contributed by atoms with Crippen molar-refractivity contribution in [3.63, 3.8) is 0 Å². The number of nitrogens with one attached hydrogen (secondary N) is 1. The summed E-state index contributed by atoms with van der Waals surface area (Å²) in [7, 11) is 1.55. The molecule has 8 nitrogen and oxygen atoms in total. The minimum atomic E-state index is -0.313. The van der Waals surface area contributed by atoms with E-state index in [1.165, 1.54) is 11.3 Å². The van der Waals surface area contributed by atoms with Crippen molar-refractivity contribution >= 4 is 39.5 Å². The number of amides is 1. The summed E-state index contributed by atoms with van der Waals surface area (Å²) >= 11 is 7.28. The molecule has 0 aliphatic heterocycles. The highest BCUT2D eigenvalue weighted by atomic mass is 35.5. The van der Waals surface area contributed by atoms with E-state index in [-0.39, 0.29) is 12.5 Å². The van der Waals surface area contributed by atoms with Gasteiger partial charge in [0, 0.05) is 17.0 Å². The number of carbonyl (C=O) groups is 1. The molecule has 0 saturated carbocycles. The molecular weight excluding hydrogens is 426 g/mol. The van der Waals surface area contributed by atoms with Crippen LogP contribution < -0.4 is 14.8 Å². The van der Waals surface area contributed by atoms with E-state index in [0.29, 0.717) is 22.2 Å². The average Bonchev–Trinajstić information content (AvgIpc) is 3.34. The molecule has 0 saturated heterocycles. The van der Waals surface area contributed by atoms with Crippen LogP contribution in [0.1, 0.15) is 12.7 Å². The van der Waals surface area contributed by atoms with Crippen molar-refractivity contribution in [3.8, 4) is 22.1 Å². The molecular formula is C20H18ClN5O3S. The Morgan fingerprint density at radius 1 is 1.20 bits per heavy atom. The maximum absolute atomic E-state index is 12.4. The molecule has 2 aromatic carbocycles. The van der Waals surface area contributed by atoms with E-state index in [0.717, 1.165) is 27.8 Å². The first kappa shape index (κ1) is 20.1. The van der Waals surface area contributed by atoms with Crippen molar-refractivity contribution in [1.82, 2.24) is 19.8 Å². The van der Waals surface area contributed by atoms with Crippen LogP contribution in [0.25, 0.3) is 15.5 Å². The van der Waals surface area contributed by atoms with Crippen LogP contribution in [0.2, 0.25) is 5.02 Å². The van der Waals surface area contributed by atoms with E-state index in [4.69, 9.17) is 21.1 Å². The summed E-state index contributed by atoms with van der Waals surface area (Å²) in [5, 5.41) is 17.0. The van der Waals surface area contributed by atoms with Crippen LogP contribution in [-0.4, -0.2) is 39.4 Å². The lowest BCUT2D eigenvalue weighted by molar-refractivity contribution is -0.118. The van der Waals surface area contributed by atoms with Crippen LogP contribution in [0.5, 0.6) is 11.5 Å². The number of hydrogen-bond donors (Lipinski definition) is 1. The van der Waals surface area contributed by atoms with E-state index in [2.05, 4.69) is 20.6 Å². The van der Waals surface area contributed by atoms with Crippen LogP contribution in [0.15, 0.2) is 42.5 Å². The molecule has 30 heavy (non-hydrogen) atoms. The quantitative estimate of drug-likeness (QED) is 0.462. The Morgan fingerprint density at radius 3 is 2.73 bits per heavy atom. The van der Waals surface area contributed by atoms with Crippen LogP contribution in [0.4, 0.5) is 5.69 Å². The fourth-order valence-corrected chi connectivity index (χ4v) is 3.78. The number of hydrogen-bond acceptors (Lipinski definition) is 7. The first-order valence-electron chi connectivity index (χ1n) is 9.15.